The van der Waals surface area contributed by atoms with Gasteiger partial charge in [0.1, 0.15) is 11.9 Å². The highest BCUT2D eigenvalue weighted by Crippen LogP contribution is 2.05. The Kier molecular flexibility index (Phi) is 4.19. The lowest BCUT2D eigenvalue weighted by Gasteiger charge is -2.15. The van der Waals surface area contributed by atoms with Crippen LogP contribution in [0.2, 0.25) is 0 Å². The summed E-state index contributed by atoms with van der Waals surface area (Å²) in [5, 5.41) is 17.5. The minimum atomic E-state index is -1.06. The molecule has 1 rings (SSSR count). The highest BCUT2D eigenvalue weighted by molar-refractivity contribution is 5.93. The number of carbonyl (C=O) groups is 2. The van der Waals surface area contributed by atoms with Crippen LogP contribution in [-0.4, -0.2) is 38.2 Å². The number of hydrogen-bond donors (Lipinski definition) is 3. The molecule has 0 saturated heterocycles. The number of nitrogens with zero attached hydrogens (tertiary/aromatic N) is 2. The third-order valence-corrected chi connectivity index (χ3v) is 2.11. The normalized spacial score (nSPS) is 12.5. The Hall–Kier alpha value is -1.92. The van der Waals surface area contributed by atoms with E-state index in [0.29, 0.717) is 12.2 Å². The molecule has 7 nitrogen and oxygen atoms in total. The lowest BCUT2D eigenvalue weighted by atomic mass is 10.0. The van der Waals surface area contributed by atoms with Crippen LogP contribution in [0.3, 0.4) is 0 Å². The fraction of sp³-hybridized carbons (Fsp3) is 0.600. The van der Waals surface area contributed by atoms with Crippen LogP contribution in [0, 0.1) is 12.8 Å². The Morgan fingerprint density at radius 3 is 2.53 bits per heavy atom. The van der Waals surface area contributed by atoms with Crippen molar-refractivity contribution in [2.45, 2.75) is 33.2 Å². The highest BCUT2D eigenvalue weighted by atomic mass is 16.4. The van der Waals surface area contributed by atoms with Gasteiger partial charge in [0.05, 0.1) is 0 Å². The third-order valence-electron chi connectivity index (χ3n) is 2.11. The largest absolute Gasteiger partial charge is 0.480 e. The van der Waals surface area contributed by atoms with Gasteiger partial charge < -0.3 is 10.4 Å². The summed E-state index contributed by atoms with van der Waals surface area (Å²) < 4.78 is 0. The van der Waals surface area contributed by atoms with Gasteiger partial charge in [0, 0.05) is 0 Å². The SMILES string of the molecule is Cc1nc(C(=O)N[C@H](CC(C)C)C(=O)O)n[nH]1. The maximum absolute atomic E-state index is 11.6. The zero-order valence-electron chi connectivity index (χ0n) is 10.0. The average Bonchev–Trinajstić information content (AvgIpc) is 2.63. The molecule has 3 N–H and O–H groups in total. The molecule has 1 amide bonds. The van der Waals surface area contributed by atoms with E-state index in [2.05, 4.69) is 20.5 Å². The molecule has 0 saturated carbocycles. The molecular weight excluding hydrogens is 224 g/mol. The van der Waals surface area contributed by atoms with Crippen LogP contribution in [0.5, 0.6) is 0 Å². The number of nitrogens with one attached hydrogen (secondary N) is 2. The number of amides is 1. The van der Waals surface area contributed by atoms with Crippen LogP contribution >= 0.6 is 0 Å². The second-order valence-corrected chi connectivity index (χ2v) is 4.24. The van der Waals surface area contributed by atoms with E-state index >= 15 is 0 Å². The van der Waals surface area contributed by atoms with Crippen LogP contribution in [0.15, 0.2) is 0 Å². The van der Waals surface area contributed by atoms with E-state index in [9.17, 15) is 9.59 Å². The van der Waals surface area contributed by atoms with Gasteiger partial charge in [-0.05, 0) is 19.3 Å². The van der Waals surface area contributed by atoms with Gasteiger partial charge in [-0.1, -0.05) is 13.8 Å². The van der Waals surface area contributed by atoms with E-state index in [1.54, 1.807) is 6.92 Å². The molecule has 0 unspecified atom stereocenters. The van der Waals surface area contributed by atoms with Crippen molar-refractivity contribution in [3.8, 4) is 0 Å². The summed E-state index contributed by atoms with van der Waals surface area (Å²) in [5.74, 6) is -1.00. The Morgan fingerprint density at radius 1 is 1.47 bits per heavy atom. The zero-order valence-corrected chi connectivity index (χ0v) is 10.0. The minimum Gasteiger partial charge on any atom is -0.480 e. The van der Waals surface area contributed by atoms with E-state index in [-0.39, 0.29) is 11.7 Å². The van der Waals surface area contributed by atoms with E-state index in [1.807, 2.05) is 13.8 Å². The molecule has 0 aliphatic rings. The number of aryl methyl sites for hydroxylation is 1. The number of carbonyl (C=O) groups excluding carboxylic acids is 1. The van der Waals surface area contributed by atoms with Gasteiger partial charge in [0.25, 0.3) is 5.91 Å². The van der Waals surface area contributed by atoms with Crippen molar-refractivity contribution in [1.29, 1.82) is 0 Å². The maximum atomic E-state index is 11.6. The van der Waals surface area contributed by atoms with Gasteiger partial charge in [-0.2, -0.15) is 0 Å². The monoisotopic (exact) mass is 240 g/mol. The van der Waals surface area contributed by atoms with Gasteiger partial charge >= 0.3 is 5.97 Å². The number of aliphatic carboxylic acids is 1. The average molecular weight is 240 g/mol. The van der Waals surface area contributed by atoms with Crippen molar-refractivity contribution < 1.29 is 14.7 Å². The lowest BCUT2D eigenvalue weighted by molar-refractivity contribution is -0.139. The summed E-state index contributed by atoms with van der Waals surface area (Å²) in [6.07, 6.45) is 0.366. The number of hydrogen-bond acceptors (Lipinski definition) is 4. The molecule has 94 valence electrons. The van der Waals surface area contributed by atoms with E-state index in [0.717, 1.165) is 0 Å². The molecule has 0 radical (unpaired) electrons. The highest BCUT2D eigenvalue weighted by Gasteiger charge is 2.23. The summed E-state index contributed by atoms with van der Waals surface area (Å²) >= 11 is 0. The number of H-pyrrole nitrogens is 1. The van der Waals surface area contributed by atoms with Gasteiger partial charge in [0.2, 0.25) is 5.82 Å². The van der Waals surface area contributed by atoms with Crippen LogP contribution in [0.1, 0.15) is 36.7 Å². The van der Waals surface area contributed by atoms with Gasteiger partial charge in [-0.15, -0.1) is 5.10 Å². The van der Waals surface area contributed by atoms with Crippen molar-refractivity contribution in [3.63, 3.8) is 0 Å². The van der Waals surface area contributed by atoms with Crippen molar-refractivity contribution in [2.75, 3.05) is 0 Å². The molecule has 1 aromatic rings. The molecule has 1 aromatic heterocycles. The predicted molar refractivity (Wildman–Crippen MR) is 59.5 cm³/mol. The predicted octanol–water partition coefficient (Wildman–Crippen LogP) is 0.342. The summed E-state index contributed by atoms with van der Waals surface area (Å²) in [6.45, 7) is 5.44. The van der Waals surface area contributed by atoms with Crippen molar-refractivity contribution in [1.82, 2.24) is 20.5 Å². The smallest absolute Gasteiger partial charge is 0.326 e. The van der Waals surface area contributed by atoms with Gasteiger partial charge in [0.15, 0.2) is 0 Å². The summed E-state index contributed by atoms with van der Waals surface area (Å²) in [4.78, 5) is 26.4. The Balaban J connectivity index is 2.67. The first-order chi connectivity index (χ1) is 7.90. The van der Waals surface area contributed by atoms with Crippen LogP contribution in [0.4, 0.5) is 0 Å². The first-order valence-corrected chi connectivity index (χ1v) is 5.32. The van der Waals surface area contributed by atoms with E-state index in [1.165, 1.54) is 0 Å². The second-order valence-electron chi connectivity index (χ2n) is 4.24. The third kappa shape index (κ3) is 3.86. The molecule has 0 fully saturated rings. The van der Waals surface area contributed by atoms with Crippen LogP contribution < -0.4 is 5.32 Å². The van der Waals surface area contributed by atoms with Gasteiger partial charge in [-0.25, -0.2) is 9.78 Å². The molecule has 0 bridgehead atoms. The molecule has 0 aliphatic carbocycles. The Labute approximate surface area is 98.6 Å². The second kappa shape index (κ2) is 5.42. The first-order valence-electron chi connectivity index (χ1n) is 5.32. The zero-order chi connectivity index (χ0) is 13.0. The number of carboxylic acids is 1. The summed E-state index contributed by atoms with van der Waals surface area (Å²) in [7, 11) is 0. The molecule has 1 atom stereocenters. The van der Waals surface area contributed by atoms with Crippen molar-refractivity contribution >= 4 is 11.9 Å². The van der Waals surface area contributed by atoms with Crippen molar-refractivity contribution in [2.24, 2.45) is 5.92 Å². The first kappa shape index (κ1) is 13.1. The topological polar surface area (TPSA) is 108 Å². The minimum absolute atomic E-state index is 0.0440. The number of aromatic nitrogens is 3. The molecule has 1 heterocycles. The maximum Gasteiger partial charge on any atom is 0.326 e. The number of aromatic amines is 1. The Bertz CT molecular complexity index is 413. The van der Waals surface area contributed by atoms with Crippen molar-refractivity contribution in [3.05, 3.63) is 11.6 Å². The molecule has 0 aliphatic heterocycles. The fourth-order valence-electron chi connectivity index (χ4n) is 1.36. The molecule has 0 aromatic carbocycles. The summed E-state index contributed by atoms with van der Waals surface area (Å²) in [5.41, 5.74) is 0. The fourth-order valence-corrected chi connectivity index (χ4v) is 1.36. The molecule has 17 heavy (non-hydrogen) atoms. The molecule has 7 heteroatoms. The van der Waals surface area contributed by atoms with Crippen LogP contribution in [0.25, 0.3) is 0 Å². The molecule has 0 spiro atoms. The standard InChI is InChI=1S/C10H16N4O3/c1-5(2)4-7(10(16)17)12-9(15)8-11-6(3)13-14-8/h5,7H,4H2,1-3H3,(H,12,15)(H,16,17)(H,11,13,14)/t7-/m1/s1. The number of rotatable bonds is 5. The van der Waals surface area contributed by atoms with Crippen LogP contribution in [-0.2, 0) is 4.79 Å². The van der Waals surface area contributed by atoms with Gasteiger partial charge in [-0.3, -0.25) is 9.89 Å². The number of carboxylic acid groups (broad SMARTS) is 1. The Morgan fingerprint density at radius 2 is 2.12 bits per heavy atom. The molecular formula is C10H16N4O3. The quantitative estimate of drug-likeness (QED) is 0.687. The van der Waals surface area contributed by atoms with E-state index in [4.69, 9.17) is 5.11 Å². The summed E-state index contributed by atoms with van der Waals surface area (Å²) in [6, 6.07) is -0.915. The van der Waals surface area contributed by atoms with E-state index < -0.39 is 17.9 Å². The lowest BCUT2D eigenvalue weighted by Crippen LogP contribution is -2.42.